The molecule has 3 aromatic rings. The van der Waals surface area contributed by atoms with Crippen molar-refractivity contribution in [1.82, 2.24) is 4.37 Å². The molecule has 2 nitrogen and oxygen atoms in total. The van der Waals surface area contributed by atoms with E-state index in [2.05, 4.69) is 16.5 Å². The quantitative estimate of drug-likeness (QED) is 0.703. The van der Waals surface area contributed by atoms with Crippen molar-refractivity contribution in [3.8, 4) is 17.0 Å². The van der Waals surface area contributed by atoms with Gasteiger partial charge in [0.05, 0.1) is 10.4 Å². The summed E-state index contributed by atoms with van der Waals surface area (Å²) in [5.41, 5.74) is 4.12. The summed E-state index contributed by atoms with van der Waals surface area (Å²) in [6.45, 7) is 3.96. The normalized spacial score (nSPS) is 11.0. The predicted octanol–water partition coefficient (Wildman–Crippen LogP) is 4.29. The second-order valence-electron chi connectivity index (χ2n) is 4.41. The van der Waals surface area contributed by atoms with E-state index < -0.39 is 0 Å². The number of nitrogens with zero attached hydrogens (tertiary/aromatic N) is 1. The van der Waals surface area contributed by atoms with E-state index in [1.54, 1.807) is 6.07 Å². The van der Waals surface area contributed by atoms with Crippen molar-refractivity contribution >= 4 is 21.6 Å². The molecule has 90 valence electrons. The molecule has 3 heteroatoms. The van der Waals surface area contributed by atoms with E-state index in [1.807, 2.05) is 32.0 Å². The molecule has 0 aliphatic carbocycles. The molecule has 0 saturated carbocycles. The first-order valence-electron chi connectivity index (χ1n) is 5.82. The number of aromatic nitrogens is 1. The van der Waals surface area contributed by atoms with Gasteiger partial charge in [0.25, 0.3) is 0 Å². The van der Waals surface area contributed by atoms with Crippen LogP contribution in [0, 0.1) is 13.8 Å². The number of hydrogen-bond donors (Lipinski definition) is 1. The number of fused-ring (bicyclic) bond motifs is 1. The molecule has 0 saturated heterocycles. The van der Waals surface area contributed by atoms with Crippen LogP contribution in [0.5, 0.6) is 5.75 Å². The molecule has 0 aliphatic heterocycles. The Morgan fingerprint density at radius 1 is 1.00 bits per heavy atom. The van der Waals surface area contributed by atoms with Crippen LogP contribution in [-0.2, 0) is 0 Å². The van der Waals surface area contributed by atoms with Gasteiger partial charge in [0, 0.05) is 10.9 Å². The Balaban J connectivity index is 2.30. The van der Waals surface area contributed by atoms with Gasteiger partial charge in [-0.15, -0.1) is 0 Å². The molecular formula is C15H13NOS. The molecule has 0 spiro atoms. The summed E-state index contributed by atoms with van der Waals surface area (Å²) in [5, 5.41) is 10.9. The number of benzene rings is 2. The lowest BCUT2D eigenvalue weighted by atomic mass is 9.98. The second kappa shape index (κ2) is 4.10. The van der Waals surface area contributed by atoms with Gasteiger partial charge < -0.3 is 5.11 Å². The molecule has 1 N–H and O–H groups in total. The lowest BCUT2D eigenvalue weighted by Gasteiger charge is -2.08. The Morgan fingerprint density at radius 3 is 2.61 bits per heavy atom. The molecule has 0 atom stereocenters. The van der Waals surface area contributed by atoms with Crippen molar-refractivity contribution in [2.45, 2.75) is 13.8 Å². The molecule has 1 aromatic heterocycles. The standard InChI is InChI=1S/C15H13NOS/c1-9-10(2)13(17)8-7-11(9)15-12-5-3-4-6-14(12)18-16-15/h3-8,17H,1-2H3. The molecule has 0 amide bonds. The van der Waals surface area contributed by atoms with Crippen LogP contribution < -0.4 is 0 Å². The van der Waals surface area contributed by atoms with Gasteiger partial charge in [-0.3, -0.25) is 0 Å². The first-order valence-corrected chi connectivity index (χ1v) is 6.60. The molecule has 0 fully saturated rings. The highest BCUT2D eigenvalue weighted by Gasteiger charge is 2.12. The van der Waals surface area contributed by atoms with E-state index in [9.17, 15) is 5.11 Å². The highest BCUT2D eigenvalue weighted by atomic mass is 32.1. The summed E-state index contributed by atoms with van der Waals surface area (Å²) >= 11 is 1.52. The van der Waals surface area contributed by atoms with Crippen LogP contribution in [0.3, 0.4) is 0 Å². The Hall–Kier alpha value is -1.87. The van der Waals surface area contributed by atoms with Crippen molar-refractivity contribution in [3.63, 3.8) is 0 Å². The van der Waals surface area contributed by atoms with Gasteiger partial charge in [-0.1, -0.05) is 18.2 Å². The zero-order valence-electron chi connectivity index (χ0n) is 10.3. The van der Waals surface area contributed by atoms with E-state index in [0.29, 0.717) is 5.75 Å². The lowest BCUT2D eigenvalue weighted by Crippen LogP contribution is -1.88. The van der Waals surface area contributed by atoms with Gasteiger partial charge in [-0.05, 0) is 54.7 Å². The van der Waals surface area contributed by atoms with Crippen molar-refractivity contribution in [1.29, 1.82) is 0 Å². The van der Waals surface area contributed by atoms with Gasteiger partial charge in [0.15, 0.2) is 0 Å². The molecule has 2 aromatic carbocycles. The Kier molecular flexibility index (Phi) is 2.56. The van der Waals surface area contributed by atoms with Gasteiger partial charge in [-0.2, -0.15) is 4.37 Å². The van der Waals surface area contributed by atoms with Crippen LogP contribution in [0.25, 0.3) is 21.3 Å². The summed E-state index contributed by atoms with van der Waals surface area (Å²) in [7, 11) is 0. The topological polar surface area (TPSA) is 33.1 Å². The number of rotatable bonds is 1. The first-order chi connectivity index (χ1) is 8.68. The highest BCUT2D eigenvalue weighted by molar-refractivity contribution is 7.13. The maximum absolute atomic E-state index is 9.72. The zero-order valence-corrected chi connectivity index (χ0v) is 11.1. The smallest absolute Gasteiger partial charge is 0.118 e. The maximum Gasteiger partial charge on any atom is 0.118 e. The van der Waals surface area contributed by atoms with Crippen LogP contribution >= 0.6 is 11.5 Å². The molecule has 1 heterocycles. The van der Waals surface area contributed by atoms with Gasteiger partial charge >= 0.3 is 0 Å². The van der Waals surface area contributed by atoms with Crippen molar-refractivity contribution in [2.24, 2.45) is 0 Å². The van der Waals surface area contributed by atoms with Crippen molar-refractivity contribution < 1.29 is 5.11 Å². The van der Waals surface area contributed by atoms with Crippen LogP contribution in [0.15, 0.2) is 36.4 Å². The zero-order chi connectivity index (χ0) is 12.7. The van der Waals surface area contributed by atoms with Gasteiger partial charge in [0.1, 0.15) is 5.75 Å². The minimum Gasteiger partial charge on any atom is -0.508 e. The molecule has 3 rings (SSSR count). The average molecular weight is 255 g/mol. The van der Waals surface area contributed by atoms with E-state index in [1.165, 1.54) is 21.6 Å². The summed E-state index contributed by atoms with van der Waals surface area (Å²) in [6, 6.07) is 11.9. The van der Waals surface area contributed by atoms with E-state index in [0.717, 1.165) is 22.4 Å². The summed E-state index contributed by atoms with van der Waals surface area (Å²) in [6.07, 6.45) is 0. The fraction of sp³-hybridized carbons (Fsp3) is 0.133. The average Bonchev–Trinajstić information content (AvgIpc) is 2.80. The molecule has 0 radical (unpaired) electrons. The summed E-state index contributed by atoms with van der Waals surface area (Å²) in [5.74, 6) is 0.343. The molecule has 0 aliphatic rings. The van der Waals surface area contributed by atoms with Crippen LogP contribution in [0.2, 0.25) is 0 Å². The number of phenols is 1. The van der Waals surface area contributed by atoms with Crippen molar-refractivity contribution in [2.75, 3.05) is 0 Å². The Morgan fingerprint density at radius 2 is 1.78 bits per heavy atom. The Bertz CT molecular complexity index is 730. The van der Waals surface area contributed by atoms with E-state index >= 15 is 0 Å². The SMILES string of the molecule is Cc1c(O)ccc(-c2nsc3ccccc23)c1C. The third-order valence-corrected chi connectivity index (χ3v) is 4.22. The first kappa shape index (κ1) is 11.2. The van der Waals surface area contributed by atoms with Crippen LogP contribution in [-0.4, -0.2) is 9.48 Å². The minimum absolute atomic E-state index is 0.343. The van der Waals surface area contributed by atoms with Crippen molar-refractivity contribution in [3.05, 3.63) is 47.5 Å². The fourth-order valence-electron chi connectivity index (χ4n) is 2.14. The van der Waals surface area contributed by atoms with Gasteiger partial charge in [0.2, 0.25) is 0 Å². The second-order valence-corrected chi connectivity index (χ2v) is 5.21. The molecular weight excluding hydrogens is 242 g/mol. The van der Waals surface area contributed by atoms with E-state index in [4.69, 9.17) is 0 Å². The Labute approximate surface area is 110 Å². The molecule has 0 unspecified atom stereocenters. The van der Waals surface area contributed by atoms with Crippen LogP contribution in [0.1, 0.15) is 11.1 Å². The maximum atomic E-state index is 9.72. The number of phenolic OH excluding ortho intramolecular Hbond substituents is 1. The van der Waals surface area contributed by atoms with E-state index in [-0.39, 0.29) is 0 Å². The fourth-order valence-corrected chi connectivity index (χ4v) is 2.93. The number of aromatic hydroxyl groups is 1. The molecule has 18 heavy (non-hydrogen) atoms. The monoisotopic (exact) mass is 255 g/mol. The predicted molar refractivity (Wildman–Crippen MR) is 76.2 cm³/mol. The molecule has 0 bridgehead atoms. The third-order valence-electron chi connectivity index (χ3n) is 3.39. The highest BCUT2D eigenvalue weighted by Crippen LogP contribution is 2.35. The summed E-state index contributed by atoms with van der Waals surface area (Å²) < 4.78 is 5.75. The lowest BCUT2D eigenvalue weighted by molar-refractivity contribution is 0.470. The third kappa shape index (κ3) is 1.59. The largest absolute Gasteiger partial charge is 0.508 e. The van der Waals surface area contributed by atoms with Gasteiger partial charge in [-0.25, -0.2) is 0 Å². The minimum atomic E-state index is 0.343. The van der Waals surface area contributed by atoms with Crippen LogP contribution in [0.4, 0.5) is 0 Å². The number of hydrogen-bond acceptors (Lipinski definition) is 3. The summed E-state index contributed by atoms with van der Waals surface area (Å²) in [4.78, 5) is 0.